The molecule has 0 atom stereocenters. The number of hydrogen-bond acceptors (Lipinski definition) is 5. The Bertz CT molecular complexity index is 690. The van der Waals surface area contributed by atoms with Crippen molar-refractivity contribution in [2.24, 2.45) is 5.73 Å². The van der Waals surface area contributed by atoms with E-state index in [0.29, 0.717) is 29.6 Å². The number of nitrogens with one attached hydrogen (secondary N) is 2. The number of hydrogen-bond donors (Lipinski definition) is 3. The average molecular weight is 299 g/mol. The molecule has 0 aliphatic carbocycles. The number of unbranched alkanes of at least 4 members (excludes halogenated alkanes) is 1. The number of anilines is 3. The van der Waals surface area contributed by atoms with Crippen molar-refractivity contribution < 1.29 is 4.39 Å². The van der Waals surface area contributed by atoms with Gasteiger partial charge in [-0.2, -0.15) is 4.98 Å². The Kier molecular flexibility index (Phi) is 5.69. The van der Waals surface area contributed by atoms with Crippen molar-refractivity contribution >= 4 is 17.5 Å². The van der Waals surface area contributed by atoms with E-state index in [9.17, 15) is 4.39 Å². The Labute approximate surface area is 129 Å². The van der Waals surface area contributed by atoms with Crippen LogP contribution in [0, 0.1) is 17.7 Å². The first-order valence-corrected chi connectivity index (χ1v) is 6.99. The zero-order valence-corrected chi connectivity index (χ0v) is 12.4. The molecule has 2 rings (SSSR count). The molecule has 0 saturated heterocycles. The molecular weight excluding hydrogens is 281 g/mol. The molecule has 0 bridgehead atoms. The quantitative estimate of drug-likeness (QED) is 0.584. The maximum Gasteiger partial charge on any atom is 0.229 e. The van der Waals surface area contributed by atoms with Crippen molar-refractivity contribution in [3.05, 3.63) is 41.8 Å². The Morgan fingerprint density at radius 3 is 2.95 bits per heavy atom. The van der Waals surface area contributed by atoms with E-state index in [4.69, 9.17) is 5.73 Å². The summed E-state index contributed by atoms with van der Waals surface area (Å²) >= 11 is 0. The van der Waals surface area contributed by atoms with E-state index in [1.54, 1.807) is 25.4 Å². The number of aromatic nitrogens is 2. The van der Waals surface area contributed by atoms with Crippen LogP contribution in [0.25, 0.3) is 0 Å². The second-order valence-electron chi connectivity index (χ2n) is 4.54. The molecule has 114 valence electrons. The van der Waals surface area contributed by atoms with Crippen molar-refractivity contribution in [2.75, 3.05) is 24.2 Å². The third-order valence-corrected chi connectivity index (χ3v) is 2.84. The zero-order chi connectivity index (χ0) is 15.8. The summed E-state index contributed by atoms with van der Waals surface area (Å²) in [6.45, 7) is 0.626. The van der Waals surface area contributed by atoms with Gasteiger partial charge < -0.3 is 16.4 Å². The molecule has 0 amide bonds. The molecule has 0 unspecified atom stereocenters. The normalized spacial score (nSPS) is 9.77. The summed E-state index contributed by atoms with van der Waals surface area (Å²) < 4.78 is 13.2. The van der Waals surface area contributed by atoms with Gasteiger partial charge in [-0.05, 0) is 31.2 Å². The van der Waals surface area contributed by atoms with Gasteiger partial charge in [0, 0.05) is 19.2 Å². The fourth-order valence-corrected chi connectivity index (χ4v) is 1.77. The first-order valence-electron chi connectivity index (χ1n) is 6.99. The lowest BCUT2D eigenvalue weighted by Crippen LogP contribution is -2.03. The average Bonchev–Trinajstić information content (AvgIpc) is 2.52. The van der Waals surface area contributed by atoms with Crippen LogP contribution in [0.1, 0.15) is 18.4 Å². The zero-order valence-electron chi connectivity index (χ0n) is 12.4. The van der Waals surface area contributed by atoms with Gasteiger partial charge in [0.25, 0.3) is 0 Å². The lowest BCUT2D eigenvalue weighted by molar-refractivity contribution is 0.628. The van der Waals surface area contributed by atoms with Crippen LogP contribution in [0.4, 0.5) is 21.8 Å². The third kappa shape index (κ3) is 4.43. The van der Waals surface area contributed by atoms with Crippen LogP contribution in [-0.4, -0.2) is 23.6 Å². The molecule has 0 spiro atoms. The van der Waals surface area contributed by atoms with E-state index in [2.05, 4.69) is 32.4 Å². The van der Waals surface area contributed by atoms with Gasteiger partial charge in [-0.15, -0.1) is 0 Å². The number of halogens is 1. The number of nitrogens with two attached hydrogens (primary N) is 1. The smallest absolute Gasteiger partial charge is 0.229 e. The minimum atomic E-state index is -0.318. The number of rotatable bonds is 5. The van der Waals surface area contributed by atoms with E-state index in [1.165, 1.54) is 12.1 Å². The molecule has 5 nitrogen and oxygen atoms in total. The van der Waals surface area contributed by atoms with Gasteiger partial charge in [0.1, 0.15) is 11.6 Å². The maximum absolute atomic E-state index is 13.2. The highest BCUT2D eigenvalue weighted by Gasteiger charge is 2.05. The summed E-state index contributed by atoms with van der Waals surface area (Å²) in [6, 6.07) is 6.12. The first kappa shape index (κ1) is 15.7. The third-order valence-electron chi connectivity index (χ3n) is 2.84. The Balaban J connectivity index is 2.15. The Hall–Kier alpha value is -2.65. The van der Waals surface area contributed by atoms with Crippen LogP contribution in [0.3, 0.4) is 0 Å². The lowest BCUT2D eigenvalue weighted by atomic mass is 10.2. The molecule has 0 fully saturated rings. The molecule has 0 aliphatic rings. The van der Waals surface area contributed by atoms with E-state index in [-0.39, 0.29) is 5.82 Å². The van der Waals surface area contributed by atoms with E-state index in [1.807, 2.05) is 0 Å². The van der Waals surface area contributed by atoms with E-state index < -0.39 is 0 Å². The highest BCUT2D eigenvalue weighted by atomic mass is 19.1. The molecule has 1 aromatic carbocycles. The molecule has 0 aliphatic heterocycles. The van der Waals surface area contributed by atoms with Crippen LogP contribution in [0.2, 0.25) is 0 Å². The summed E-state index contributed by atoms with van der Waals surface area (Å²) in [5.41, 5.74) is 6.73. The Morgan fingerprint density at radius 2 is 2.23 bits per heavy atom. The summed E-state index contributed by atoms with van der Waals surface area (Å²) in [4.78, 5) is 8.53. The molecule has 6 heteroatoms. The van der Waals surface area contributed by atoms with Crippen molar-refractivity contribution in [3.8, 4) is 11.8 Å². The highest BCUT2D eigenvalue weighted by molar-refractivity contribution is 5.59. The Morgan fingerprint density at radius 1 is 1.36 bits per heavy atom. The number of nitrogens with zero attached hydrogens (tertiary/aromatic N) is 2. The van der Waals surface area contributed by atoms with Crippen molar-refractivity contribution in [1.82, 2.24) is 9.97 Å². The predicted octanol–water partition coefficient (Wildman–Crippen LogP) is 2.49. The molecular formula is C16H18FN5. The van der Waals surface area contributed by atoms with Crippen molar-refractivity contribution in [3.63, 3.8) is 0 Å². The summed E-state index contributed by atoms with van der Waals surface area (Å²) in [5.74, 6) is 6.73. The maximum atomic E-state index is 13.2. The van der Waals surface area contributed by atoms with Crippen LogP contribution >= 0.6 is 0 Å². The van der Waals surface area contributed by atoms with Crippen LogP contribution in [0.5, 0.6) is 0 Å². The van der Waals surface area contributed by atoms with Crippen LogP contribution in [-0.2, 0) is 0 Å². The van der Waals surface area contributed by atoms with Gasteiger partial charge in [0.15, 0.2) is 0 Å². The first-order chi connectivity index (χ1) is 10.7. The molecule has 4 N–H and O–H groups in total. The molecule has 22 heavy (non-hydrogen) atoms. The molecule has 1 heterocycles. The summed E-state index contributed by atoms with van der Waals surface area (Å²) in [6.07, 6.45) is 3.24. The lowest BCUT2D eigenvalue weighted by Gasteiger charge is -2.08. The number of benzene rings is 1. The second-order valence-corrected chi connectivity index (χ2v) is 4.54. The molecule has 2 aromatic rings. The SMILES string of the molecule is CNc1nc(Nc2cccc(F)c2)ncc1C#CCCCN. The molecule has 0 radical (unpaired) electrons. The van der Waals surface area contributed by atoms with E-state index >= 15 is 0 Å². The van der Waals surface area contributed by atoms with Crippen LogP contribution < -0.4 is 16.4 Å². The van der Waals surface area contributed by atoms with Crippen LogP contribution in [0.15, 0.2) is 30.5 Å². The highest BCUT2D eigenvalue weighted by Crippen LogP contribution is 2.17. The fraction of sp³-hybridized carbons (Fsp3) is 0.250. The van der Waals surface area contributed by atoms with Crippen molar-refractivity contribution in [2.45, 2.75) is 12.8 Å². The van der Waals surface area contributed by atoms with Gasteiger partial charge in [0.05, 0.1) is 11.8 Å². The van der Waals surface area contributed by atoms with E-state index in [0.717, 1.165) is 12.8 Å². The standard InChI is InChI=1S/C16H18FN5/c1-19-15-12(6-3-2-4-9-18)11-20-16(22-15)21-14-8-5-7-13(17)10-14/h5,7-8,10-11H,2,4,9,18H2,1H3,(H2,19,20,21,22). The minimum absolute atomic E-state index is 0.318. The van der Waals surface area contributed by atoms with Crippen molar-refractivity contribution in [1.29, 1.82) is 0 Å². The van der Waals surface area contributed by atoms with Gasteiger partial charge in [0.2, 0.25) is 5.95 Å². The minimum Gasteiger partial charge on any atom is -0.372 e. The molecule has 0 saturated carbocycles. The predicted molar refractivity (Wildman–Crippen MR) is 86.4 cm³/mol. The van der Waals surface area contributed by atoms with Gasteiger partial charge in [-0.1, -0.05) is 17.9 Å². The summed E-state index contributed by atoms with van der Waals surface area (Å²) in [7, 11) is 1.76. The largest absolute Gasteiger partial charge is 0.372 e. The topological polar surface area (TPSA) is 75.9 Å². The second kappa shape index (κ2) is 7.96. The fourth-order valence-electron chi connectivity index (χ4n) is 1.77. The van der Waals surface area contributed by atoms with Gasteiger partial charge in [-0.3, -0.25) is 0 Å². The van der Waals surface area contributed by atoms with Gasteiger partial charge >= 0.3 is 0 Å². The van der Waals surface area contributed by atoms with Gasteiger partial charge in [-0.25, -0.2) is 9.37 Å². The monoisotopic (exact) mass is 299 g/mol. The summed E-state index contributed by atoms with van der Waals surface area (Å²) in [5, 5.41) is 5.94. The molecule has 1 aromatic heterocycles.